The molecule has 1 heterocycles. The zero-order valence-electron chi connectivity index (χ0n) is 15.0. The van der Waals surface area contributed by atoms with Crippen LogP contribution in [0.15, 0.2) is 47.6 Å². The molecule has 27 heavy (non-hydrogen) atoms. The van der Waals surface area contributed by atoms with Gasteiger partial charge in [-0.3, -0.25) is 4.98 Å². The molecular weight excluding hydrogens is 472 g/mol. The van der Waals surface area contributed by atoms with Crippen LogP contribution in [0.5, 0.6) is 5.75 Å². The molecular formula is C18H22F3IN4O. The summed E-state index contributed by atoms with van der Waals surface area (Å²) in [6.45, 7) is 4.98. The van der Waals surface area contributed by atoms with Gasteiger partial charge in [-0.1, -0.05) is 24.3 Å². The number of rotatable bonds is 6. The standard InChI is InChI=1S/C18H21F3N4O.HI/c1-3-22-17(25-12-15-13(2)7-6-10-23-15)24-11-14-8-4-5-9-16(14)26-18(19,20)21;/h4-10H,3,11-12H2,1-2H3,(H2,22,24,25);1H. The fourth-order valence-corrected chi connectivity index (χ4v) is 2.24. The fourth-order valence-electron chi connectivity index (χ4n) is 2.24. The minimum atomic E-state index is -4.74. The Morgan fingerprint density at radius 1 is 1.15 bits per heavy atom. The van der Waals surface area contributed by atoms with E-state index in [-0.39, 0.29) is 36.3 Å². The van der Waals surface area contributed by atoms with Gasteiger partial charge in [-0.05, 0) is 31.5 Å². The van der Waals surface area contributed by atoms with Crippen LogP contribution >= 0.6 is 24.0 Å². The molecule has 0 unspecified atom stereocenters. The van der Waals surface area contributed by atoms with E-state index in [4.69, 9.17) is 0 Å². The lowest BCUT2D eigenvalue weighted by molar-refractivity contribution is -0.274. The van der Waals surface area contributed by atoms with Crippen LogP contribution in [-0.4, -0.2) is 23.9 Å². The molecule has 0 atom stereocenters. The fraction of sp³-hybridized carbons (Fsp3) is 0.333. The molecule has 1 aromatic heterocycles. The number of para-hydroxylation sites is 1. The topological polar surface area (TPSA) is 58.5 Å². The molecule has 0 aliphatic heterocycles. The van der Waals surface area contributed by atoms with E-state index in [0.717, 1.165) is 11.3 Å². The Kier molecular flexibility index (Phi) is 9.33. The lowest BCUT2D eigenvalue weighted by Gasteiger charge is -2.14. The minimum absolute atomic E-state index is 0. The smallest absolute Gasteiger partial charge is 0.405 e. The number of hydrogen-bond acceptors (Lipinski definition) is 3. The first-order valence-corrected chi connectivity index (χ1v) is 8.15. The predicted octanol–water partition coefficient (Wildman–Crippen LogP) is 4.16. The van der Waals surface area contributed by atoms with Gasteiger partial charge in [-0.25, -0.2) is 4.99 Å². The number of alkyl halides is 3. The molecule has 0 saturated carbocycles. The Hall–Kier alpha value is -2.04. The molecule has 2 rings (SSSR count). The summed E-state index contributed by atoms with van der Waals surface area (Å²) < 4.78 is 41.5. The molecule has 0 radical (unpaired) electrons. The van der Waals surface area contributed by atoms with Crippen LogP contribution in [0, 0.1) is 6.92 Å². The van der Waals surface area contributed by atoms with E-state index in [1.165, 1.54) is 12.1 Å². The van der Waals surface area contributed by atoms with Crippen molar-refractivity contribution in [2.45, 2.75) is 33.3 Å². The highest BCUT2D eigenvalue weighted by Gasteiger charge is 2.31. The highest BCUT2D eigenvalue weighted by molar-refractivity contribution is 14.0. The zero-order valence-corrected chi connectivity index (χ0v) is 17.3. The number of aromatic nitrogens is 1. The number of aryl methyl sites for hydroxylation is 1. The van der Waals surface area contributed by atoms with E-state index < -0.39 is 6.36 Å². The second-order valence-electron chi connectivity index (χ2n) is 5.47. The summed E-state index contributed by atoms with van der Waals surface area (Å²) in [4.78, 5) is 8.63. The van der Waals surface area contributed by atoms with Gasteiger partial charge in [0, 0.05) is 18.3 Å². The molecule has 9 heteroatoms. The highest BCUT2D eigenvalue weighted by atomic mass is 127. The van der Waals surface area contributed by atoms with E-state index >= 15 is 0 Å². The SMILES string of the molecule is CCNC(=NCc1ccccc1OC(F)(F)F)NCc1ncccc1C.I. The van der Waals surface area contributed by atoms with Crippen LogP contribution in [0.1, 0.15) is 23.7 Å². The third-order valence-corrected chi connectivity index (χ3v) is 3.49. The van der Waals surface area contributed by atoms with Gasteiger partial charge in [0.05, 0.1) is 18.8 Å². The Morgan fingerprint density at radius 3 is 2.56 bits per heavy atom. The number of hydrogen-bond donors (Lipinski definition) is 2. The van der Waals surface area contributed by atoms with Crippen molar-refractivity contribution in [3.63, 3.8) is 0 Å². The van der Waals surface area contributed by atoms with E-state index in [1.807, 2.05) is 26.0 Å². The van der Waals surface area contributed by atoms with Crippen molar-refractivity contribution in [2.24, 2.45) is 4.99 Å². The Labute approximate surface area is 173 Å². The lowest BCUT2D eigenvalue weighted by Crippen LogP contribution is -2.37. The maximum atomic E-state index is 12.5. The van der Waals surface area contributed by atoms with E-state index in [1.54, 1.807) is 18.3 Å². The van der Waals surface area contributed by atoms with Crippen molar-refractivity contribution in [3.05, 3.63) is 59.4 Å². The van der Waals surface area contributed by atoms with Crippen molar-refractivity contribution in [1.29, 1.82) is 0 Å². The molecule has 148 valence electrons. The number of halogens is 4. The summed E-state index contributed by atoms with van der Waals surface area (Å²) in [5.74, 6) is 0.236. The van der Waals surface area contributed by atoms with Crippen LogP contribution in [-0.2, 0) is 13.1 Å². The first-order valence-electron chi connectivity index (χ1n) is 8.15. The molecule has 2 N–H and O–H groups in total. The number of nitrogens with one attached hydrogen (secondary N) is 2. The van der Waals surface area contributed by atoms with Gasteiger partial charge in [0.1, 0.15) is 5.75 Å². The average Bonchev–Trinajstić information content (AvgIpc) is 2.58. The van der Waals surface area contributed by atoms with Crippen LogP contribution in [0.4, 0.5) is 13.2 Å². The first kappa shape index (κ1) is 23.0. The number of pyridine rings is 1. The average molecular weight is 494 g/mol. The van der Waals surface area contributed by atoms with Crippen LogP contribution in [0.2, 0.25) is 0 Å². The summed E-state index contributed by atoms with van der Waals surface area (Å²) >= 11 is 0. The van der Waals surface area contributed by atoms with Crippen molar-refractivity contribution in [3.8, 4) is 5.75 Å². The summed E-state index contributed by atoms with van der Waals surface area (Å²) in [5.41, 5.74) is 2.26. The van der Waals surface area contributed by atoms with Gasteiger partial charge in [0.2, 0.25) is 0 Å². The number of benzene rings is 1. The van der Waals surface area contributed by atoms with Gasteiger partial charge in [-0.2, -0.15) is 0 Å². The Balaban J connectivity index is 0.00000364. The molecule has 0 amide bonds. The van der Waals surface area contributed by atoms with Crippen molar-refractivity contribution < 1.29 is 17.9 Å². The molecule has 0 bridgehead atoms. The maximum Gasteiger partial charge on any atom is 0.573 e. The number of guanidine groups is 1. The zero-order chi connectivity index (χ0) is 19.0. The van der Waals surface area contributed by atoms with Crippen LogP contribution in [0.3, 0.4) is 0 Å². The van der Waals surface area contributed by atoms with Crippen molar-refractivity contribution >= 4 is 29.9 Å². The molecule has 0 aliphatic carbocycles. The third-order valence-electron chi connectivity index (χ3n) is 3.49. The maximum absolute atomic E-state index is 12.5. The highest BCUT2D eigenvalue weighted by Crippen LogP contribution is 2.26. The van der Waals surface area contributed by atoms with Gasteiger partial charge in [0.15, 0.2) is 5.96 Å². The largest absolute Gasteiger partial charge is 0.573 e. The van der Waals surface area contributed by atoms with Gasteiger partial charge in [-0.15, -0.1) is 37.1 Å². The molecule has 1 aromatic carbocycles. The Bertz CT molecular complexity index is 753. The predicted molar refractivity (Wildman–Crippen MR) is 109 cm³/mol. The molecule has 0 saturated heterocycles. The first-order chi connectivity index (χ1) is 12.4. The molecule has 0 aliphatic rings. The van der Waals surface area contributed by atoms with E-state index in [0.29, 0.717) is 24.6 Å². The monoisotopic (exact) mass is 494 g/mol. The summed E-state index contributed by atoms with van der Waals surface area (Å²) in [7, 11) is 0. The van der Waals surface area contributed by atoms with E-state index in [9.17, 15) is 13.2 Å². The minimum Gasteiger partial charge on any atom is -0.405 e. The Morgan fingerprint density at radius 2 is 1.89 bits per heavy atom. The lowest BCUT2D eigenvalue weighted by atomic mass is 10.2. The second-order valence-corrected chi connectivity index (χ2v) is 5.47. The van der Waals surface area contributed by atoms with Crippen molar-refractivity contribution in [1.82, 2.24) is 15.6 Å². The normalized spacial score (nSPS) is 11.5. The van der Waals surface area contributed by atoms with Gasteiger partial charge < -0.3 is 15.4 Å². The summed E-state index contributed by atoms with van der Waals surface area (Å²) in [6, 6.07) is 9.77. The molecule has 0 spiro atoms. The van der Waals surface area contributed by atoms with Crippen molar-refractivity contribution in [2.75, 3.05) is 6.54 Å². The van der Waals surface area contributed by atoms with E-state index in [2.05, 4.69) is 25.3 Å². The number of ether oxygens (including phenoxy) is 1. The summed E-state index contributed by atoms with van der Waals surface area (Å²) in [6.07, 6.45) is -3.03. The third kappa shape index (κ3) is 8.02. The number of aliphatic imine (C=N–C) groups is 1. The molecule has 5 nitrogen and oxygen atoms in total. The van der Waals surface area contributed by atoms with Gasteiger partial charge in [0.25, 0.3) is 0 Å². The quantitative estimate of drug-likeness (QED) is 0.360. The second kappa shape index (κ2) is 11.0. The molecule has 2 aromatic rings. The molecule has 0 fully saturated rings. The van der Waals surface area contributed by atoms with Crippen LogP contribution in [0.25, 0.3) is 0 Å². The number of nitrogens with zero attached hydrogens (tertiary/aromatic N) is 2. The summed E-state index contributed by atoms with van der Waals surface area (Å²) in [5, 5.41) is 6.19. The van der Waals surface area contributed by atoms with Crippen LogP contribution < -0.4 is 15.4 Å². The van der Waals surface area contributed by atoms with Gasteiger partial charge >= 0.3 is 6.36 Å².